The molecule has 2 aliphatic rings. The predicted octanol–water partition coefficient (Wildman–Crippen LogP) is 3.91. The maximum atomic E-state index is 3.12. The summed E-state index contributed by atoms with van der Waals surface area (Å²) in [5.41, 5.74) is 2.85. The van der Waals surface area contributed by atoms with Crippen LogP contribution in [-0.4, -0.2) is 7.63 Å². The molecule has 88 valence electrons. The van der Waals surface area contributed by atoms with Gasteiger partial charge in [0.2, 0.25) is 0 Å². The monoisotopic (exact) mass is 264 g/mol. The molecule has 0 atom stereocenters. The molecule has 0 saturated heterocycles. The summed E-state index contributed by atoms with van der Waals surface area (Å²) in [5, 5.41) is 0. The molecule has 0 unspecified atom stereocenters. The van der Waals surface area contributed by atoms with Crippen LogP contribution in [0.2, 0.25) is 0 Å². The van der Waals surface area contributed by atoms with E-state index in [2.05, 4.69) is 45.8 Å². The van der Waals surface area contributed by atoms with Gasteiger partial charge in [0.1, 0.15) is 0 Å². The van der Waals surface area contributed by atoms with Crippen LogP contribution in [0.1, 0.15) is 26.7 Å². The summed E-state index contributed by atoms with van der Waals surface area (Å²) < 4.78 is 0. The van der Waals surface area contributed by atoms with Crippen molar-refractivity contribution < 1.29 is 19.2 Å². The molecule has 0 N–H and O–H groups in total. The van der Waals surface area contributed by atoms with E-state index in [1.54, 1.807) is 19.2 Å². The number of allylic oxidation sites excluding steroid dienone is 8. The van der Waals surface area contributed by atoms with Crippen molar-refractivity contribution in [3.8, 4) is 0 Å². The molecule has 0 aromatic rings. The van der Waals surface area contributed by atoms with Gasteiger partial charge in [-0.3, -0.25) is 12.2 Å². The first-order valence-corrected chi connectivity index (χ1v) is 7.34. The molecule has 0 nitrogen and oxygen atoms in total. The van der Waals surface area contributed by atoms with E-state index in [4.69, 9.17) is 0 Å². The zero-order chi connectivity index (χ0) is 10.8. The number of rotatable bonds is 0. The summed E-state index contributed by atoms with van der Waals surface area (Å²) >= 11 is 1.81. The summed E-state index contributed by atoms with van der Waals surface area (Å²) in [5.74, 6) is 0. The van der Waals surface area contributed by atoms with Crippen LogP contribution in [0, 0.1) is 27.0 Å². The minimum atomic E-state index is 0. The molecule has 0 spiro atoms. The molecule has 0 aromatic carbocycles. The van der Waals surface area contributed by atoms with Crippen LogP contribution in [-0.2, 0) is 19.2 Å². The van der Waals surface area contributed by atoms with Crippen molar-refractivity contribution in [2.45, 2.75) is 26.7 Å². The first kappa shape index (κ1) is 21.2. The zero-order valence-corrected chi connectivity index (χ0v) is 13.3. The van der Waals surface area contributed by atoms with Crippen LogP contribution in [0.25, 0.3) is 0 Å². The Labute approximate surface area is 116 Å². The molecule has 0 fully saturated rings. The molecule has 2 rings (SSSR count). The van der Waals surface area contributed by atoms with Crippen molar-refractivity contribution in [1.82, 2.24) is 0 Å². The SMILES string of the molecule is CC1=C(C)C[C-]=C1.[C-]1=CC=CC1.[CH3-].[CH3-].[Si]=[Ti]. The molecule has 0 saturated carbocycles. The van der Waals surface area contributed by atoms with Gasteiger partial charge in [0, 0.05) is 0 Å². The van der Waals surface area contributed by atoms with Gasteiger partial charge < -0.3 is 14.9 Å². The van der Waals surface area contributed by atoms with Crippen LogP contribution in [0.4, 0.5) is 0 Å². The van der Waals surface area contributed by atoms with Gasteiger partial charge in [-0.05, 0) is 0 Å². The Balaban J connectivity index is -0.000000169. The standard InChI is InChI=1S/C7H9.C5H5.2CH3.Si.Ti/c1-6-4-3-5-7(6)2;1-2-4-5-3-1;;;;/h4H,5H2,1-2H3;1-3H,4H2;2*1H3;;/q4*-1;;. The summed E-state index contributed by atoms with van der Waals surface area (Å²) in [7, 11) is 2.97. The summed E-state index contributed by atoms with van der Waals surface area (Å²) in [6.45, 7) is 4.27. The zero-order valence-electron chi connectivity index (χ0n) is 10.7. The van der Waals surface area contributed by atoms with Gasteiger partial charge in [-0.2, -0.15) is 11.6 Å². The Kier molecular flexibility index (Phi) is 19.7. The van der Waals surface area contributed by atoms with E-state index in [9.17, 15) is 0 Å². The van der Waals surface area contributed by atoms with Crippen molar-refractivity contribution in [3.63, 3.8) is 0 Å². The minimum absolute atomic E-state index is 0. The topological polar surface area (TPSA) is 0 Å². The molecule has 0 aromatic heterocycles. The van der Waals surface area contributed by atoms with Crippen molar-refractivity contribution in [3.05, 3.63) is 62.5 Å². The van der Waals surface area contributed by atoms with E-state index in [1.807, 2.05) is 12.2 Å². The normalized spacial score (nSPS) is 14.1. The van der Waals surface area contributed by atoms with Gasteiger partial charge >= 0.3 is 26.8 Å². The molecule has 0 bridgehead atoms. The average Bonchev–Trinajstić information content (AvgIpc) is 2.86. The van der Waals surface area contributed by atoms with Gasteiger partial charge in [0.15, 0.2) is 0 Å². The third-order valence-electron chi connectivity index (χ3n) is 1.94. The Morgan fingerprint density at radius 3 is 1.94 bits per heavy atom. The number of hydrogen-bond acceptors (Lipinski definition) is 0. The third kappa shape index (κ3) is 10.4. The molecule has 2 heteroatoms. The fourth-order valence-corrected chi connectivity index (χ4v) is 0.960. The third-order valence-corrected chi connectivity index (χ3v) is 1.94. The van der Waals surface area contributed by atoms with Gasteiger partial charge in [0.05, 0.1) is 0 Å². The van der Waals surface area contributed by atoms with Gasteiger partial charge in [0.25, 0.3) is 0 Å². The van der Waals surface area contributed by atoms with E-state index in [0.717, 1.165) is 12.8 Å². The van der Waals surface area contributed by atoms with Crippen LogP contribution in [0.15, 0.2) is 35.5 Å². The van der Waals surface area contributed by atoms with E-state index < -0.39 is 0 Å². The molecule has 0 heterocycles. The fourth-order valence-electron chi connectivity index (χ4n) is 0.960. The second kappa shape index (κ2) is 14.9. The summed E-state index contributed by atoms with van der Waals surface area (Å²) in [6.07, 6.45) is 16.2. The second-order valence-corrected chi connectivity index (χ2v) is 2.99. The van der Waals surface area contributed by atoms with Crippen molar-refractivity contribution in [2.24, 2.45) is 0 Å². The fraction of sp³-hybridized carbons (Fsp3) is 0.286. The molecular formula is C14H20SiTi-4. The first-order valence-electron chi connectivity index (χ1n) is 4.50. The molecule has 0 aliphatic heterocycles. The maximum absolute atomic E-state index is 3.12. The van der Waals surface area contributed by atoms with Crippen molar-refractivity contribution in [1.29, 1.82) is 0 Å². The van der Waals surface area contributed by atoms with Crippen LogP contribution in [0.5, 0.6) is 0 Å². The van der Waals surface area contributed by atoms with E-state index in [0.29, 0.717) is 0 Å². The van der Waals surface area contributed by atoms with Crippen molar-refractivity contribution in [2.75, 3.05) is 0 Å². The van der Waals surface area contributed by atoms with Crippen LogP contribution < -0.4 is 0 Å². The quantitative estimate of drug-likeness (QED) is 0.459. The van der Waals surface area contributed by atoms with Crippen LogP contribution in [0.3, 0.4) is 0 Å². The van der Waals surface area contributed by atoms with Crippen molar-refractivity contribution >= 4 is 7.63 Å². The predicted molar refractivity (Wildman–Crippen MR) is 71.0 cm³/mol. The molecule has 2 aliphatic carbocycles. The van der Waals surface area contributed by atoms with Gasteiger partial charge in [-0.1, -0.05) is 6.92 Å². The number of hydrogen-bond donors (Lipinski definition) is 0. The van der Waals surface area contributed by atoms with Gasteiger partial charge in [-0.15, -0.1) is 19.8 Å². The van der Waals surface area contributed by atoms with E-state index in [1.165, 1.54) is 11.1 Å². The molecular weight excluding hydrogens is 244 g/mol. The molecule has 0 amide bonds. The Morgan fingerprint density at radius 2 is 1.81 bits per heavy atom. The van der Waals surface area contributed by atoms with E-state index in [-0.39, 0.29) is 14.9 Å². The first-order chi connectivity index (χ1) is 6.80. The molecule has 16 heavy (non-hydrogen) atoms. The summed E-state index contributed by atoms with van der Waals surface area (Å²) in [6, 6.07) is 0. The van der Waals surface area contributed by atoms with Gasteiger partial charge in [-0.25, -0.2) is 23.8 Å². The second-order valence-electron chi connectivity index (χ2n) is 2.99. The molecule has 2 radical (unpaired) electrons. The Bertz CT molecular complexity index is 262. The Hall–Kier alpha value is -0.109. The summed E-state index contributed by atoms with van der Waals surface area (Å²) in [4.78, 5) is 0. The van der Waals surface area contributed by atoms with E-state index >= 15 is 0 Å². The average molecular weight is 264 g/mol. The van der Waals surface area contributed by atoms with Crippen LogP contribution >= 0.6 is 0 Å². The Morgan fingerprint density at radius 1 is 1.19 bits per heavy atom.